The van der Waals surface area contributed by atoms with Gasteiger partial charge in [-0.1, -0.05) is 13.8 Å². The van der Waals surface area contributed by atoms with Crippen LogP contribution in [0.3, 0.4) is 0 Å². The Bertz CT molecular complexity index is 205. The zero-order valence-electron chi connectivity index (χ0n) is 12.3. The number of hydrogen-bond donors (Lipinski definition) is 1. The van der Waals surface area contributed by atoms with Crippen molar-refractivity contribution in [3.8, 4) is 0 Å². The molecule has 1 aliphatic heterocycles. The third-order valence-electron chi connectivity index (χ3n) is 3.34. The lowest BCUT2D eigenvalue weighted by atomic mass is 9.95. The number of ether oxygens (including phenoxy) is 3. The molecule has 0 aromatic heterocycles. The molecule has 2 unspecified atom stereocenters. The van der Waals surface area contributed by atoms with Gasteiger partial charge in [0.15, 0.2) is 6.29 Å². The van der Waals surface area contributed by atoms with Crippen molar-refractivity contribution in [1.29, 1.82) is 0 Å². The predicted octanol–water partition coefficient (Wildman–Crippen LogP) is 2.18. The number of nitrogens with one attached hydrogen (secondary N) is 1. The largest absolute Gasteiger partial charge is 0.378 e. The van der Waals surface area contributed by atoms with Gasteiger partial charge in [0.2, 0.25) is 0 Å². The van der Waals surface area contributed by atoms with E-state index in [2.05, 4.69) is 19.2 Å². The first-order valence-corrected chi connectivity index (χ1v) is 7.25. The fourth-order valence-corrected chi connectivity index (χ4v) is 2.28. The van der Waals surface area contributed by atoms with Crippen LogP contribution < -0.4 is 5.32 Å². The lowest BCUT2D eigenvalue weighted by molar-refractivity contribution is -0.135. The summed E-state index contributed by atoms with van der Waals surface area (Å²) in [5, 5.41) is 3.55. The highest BCUT2D eigenvalue weighted by molar-refractivity contribution is 4.78. The molecule has 2 atom stereocenters. The standard InChI is InChI=1S/C14H29NO3/c1-5-16-14(17-6-2)10-15-12-7-8-18-13(9-12)11(3)4/h11-15H,5-10H2,1-4H3. The molecule has 4 nitrogen and oxygen atoms in total. The molecule has 1 N–H and O–H groups in total. The Kier molecular flexibility index (Phi) is 7.82. The van der Waals surface area contributed by atoms with Crippen molar-refractivity contribution in [2.75, 3.05) is 26.4 Å². The Labute approximate surface area is 111 Å². The van der Waals surface area contributed by atoms with Crippen LogP contribution in [0.4, 0.5) is 0 Å². The van der Waals surface area contributed by atoms with E-state index in [-0.39, 0.29) is 6.29 Å². The molecule has 0 bridgehead atoms. The second kappa shape index (κ2) is 8.86. The second-order valence-electron chi connectivity index (χ2n) is 5.12. The highest BCUT2D eigenvalue weighted by atomic mass is 16.7. The molecule has 0 aromatic rings. The Morgan fingerprint density at radius 2 is 1.89 bits per heavy atom. The van der Waals surface area contributed by atoms with Crippen LogP contribution in [0.5, 0.6) is 0 Å². The fraction of sp³-hybridized carbons (Fsp3) is 1.00. The zero-order chi connectivity index (χ0) is 13.4. The Morgan fingerprint density at radius 3 is 2.44 bits per heavy atom. The maximum Gasteiger partial charge on any atom is 0.169 e. The molecular weight excluding hydrogens is 230 g/mol. The average molecular weight is 259 g/mol. The van der Waals surface area contributed by atoms with E-state index in [1.165, 1.54) is 0 Å². The first-order chi connectivity index (χ1) is 8.67. The van der Waals surface area contributed by atoms with E-state index in [1.54, 1.807) is 0 Å². The van der Waals surface area contributed by atoms with Gasteiger partial charge in [-0.05, 0) is 32.6 Å². The topological polar surface area (TPSA) is 39.7 Å². The van der Waals surface area contributed by atoms with Gasteiger partial charge in [0.25, 0.3) is 0 Å². The van der Waals surface area contributed by atoms with Gasteiger partial charge in [-0.2, -0.15) is 0 Å². The Balaban J connectivity index is 2.28. The van der Waals surface area contributed by atoms with E-state index in [9.17, 15) is 0 Å². The summed E-state index contributed by atoms with van der Waals surface area (Å²) in [7, 11) is 0. The van der Waals surface area contributed by atoms with Crippen LogP contribution in [-0.4, -0.2) is 44.8 Å². The van der Waals surface area contributed by atoms with E-state index in [4.69, 9.17) is 14.2 Å². The van der Waals surface area contributed by atoms with Crippen molar-refractivity contribution >= 4 is 0 Å². The van der Waals surface area contributed by atoms with Crippen LogP contribution in [-0.2, 0) is 14.2 Å². The van der Waals surface area contributed by atoms with Crippen molar-refractivity contribution in [2.45, 2.75) is 59.0 Å². The highest BCUT2D eigenvalue weighted by Crippen LogP contribution is 2.20. The average Bonchev–Trinajstić information content (AvgIpc) is 2.37. The maximum atomic E-state index is 5.77. The molecule has 0 aromatic carbocycles. The number of hydrogen-bond acceptors (Lipinski definition) is 4. The molecule has 0 saturated carbocycles. The molecule has 0 spiro atoms. The number of rotatable bonds is 8. The van der Waals surface area contributed by atoms with Gasteiger partial charge in [0.05, 0.1) is 6.10 Å². The first kappa shape index (κ1) is 15.9. The minimum Gasteiger partial charge on any atom is -0.378 e. The van der Waals surface area contributed by atoms with Gasteiger partial charge in [-0.3, -0.25) is 0 Å². The highest BCUT2D eigenvalue weighted by Gasteiger charge is 2.25. The van der Waals surface area contributed by atoms with Crippen LogP contribution in [0.15, 0.2) is 0 Å². The van der Waals surface area contributed by atoms with Crippen molar-refractivity contribution in [3.05, 3.63) is 0 Å². The van der Waals surface area contributed by atoms with Gasteiger partial charge in [-0.25, -0.2) is 0 Å². The third kappa shape index (κ3) is 5.65. The van der Waals surface area contributed by atoms with Crippen molar-refractivity contribution < 1.29 is 14.2 Å². The van der Waals surface area contributed by atoms with Gasteiger partial charge in [-0.15, -0.1) is 0 Å². The third-order valence-corrected chi connectivity index (χ3v) is 3.34. The minimum atomic E-state index is -0.125. The second-order valence-corrected chi connectivity index (χ2v) is 5.12. The van der Waals surface area contributed by atoms with Crippen LogP contribution in [0.2, 0.25) is 0 Å². The SMILES string of the molecule is CCOC(CNC1CCOC(C(C)C)C1)OCC. The molecular formula is C14H29NO3. The predicted molar refractivity (Wildman–Crippen MR) is 72.6 cm³/mol. The lowest BCUT2D eigenvalue weighted by Crippen LogP contribution is -2.44. The van der Waals surface area contributed by atoms with E-state index in [1.807, 2.05) is 13.8 Å². The lowest BCUT2D eigenvalue weighted by Gasteiger charge is -2.33. The summed E-state index contributed by atoms with van der Waals surface area (Å²) in [6.45, 7) is 11.4. The van der Waals surface area contributed by atoms with E-state index >= 15 is 0 Å². The van der Waals surface area contributed by atoms with Crippen LogP contribution in [0.25, 0.3) is 0 Å². The molecule has 0 amide bonds. The van der Waals surface area contributed by atoms with Crippen LogP contribution in [0.1, 0.15) is 40.5 Å². The molecule has 4 heteroatoms. The van der Waals surface area contributed by atoms with E-state index < -0.39 is 0 Å². The first-order valence-electron chi connectivity index (χ1n) is 7.25. The van der Waals surface area contributed by atoms with Crippen molar-refractivity contribution in [3.63, 3.8) is 0 Å². The molecule has 18 heavy (non-hydrogen) atoms. The molecule has 0 radical (unpaired) electrons. The molecule has 0 aliphatic carbocycles. The van der Waals surface area contributed by atoms with Crippen LogP contribution >= 0.6 is 0 Å². The van der Waals surface area contributed by atoms with Gasteiger partial charge in [0, 0.05) is 32.4 Å². The fourth-order valence-electron chi connectivity index (χ4n) is 2.28. The molecule has 1 fully saturated rings. The summed E-state index contributed by atoms with van der Waals surface area (Å²) in [6, 6.07) is 0.523. The van der Waals surface area contributed by atoms with Gasteiger partial charge >= 0.3 is 0 Å². The minimum absolute atomic E-state index is 0.125. The quantitative estimate of drug-likeness (QED) is 0.678. The van der Waals surface area contributed by atoms with Gasteiger partial charge < -0.3 is 19.5 Å². The maximum absolute atomic E-state index is 5.77. The molecule has 1 heterocycles. The summed E-state index contributed by atoms with van der Waals surface area (Å²) in [4.78, 5) is 0. The van der Waals surface area contributed by atoms with E-state index in [0.29, 0.717) is 31.3 Å². The summed E-state index contributed by atoms with van der Waals surface area (Å²) in [5.41, 5.74) is 0. The molecule has 1 saturated heterocycles. The van der Waals surface area contributed by atoms with Crippen molar-refractivity contribution in [2.24, 2.45) is 5.92 Å². The monoisotopic (exact) mass is 259 g/mol. The summed E-state index contributed by atoms with van der Waals surface area (Å²) in [5.74, 6) is 0.587. The molecule has 1 aliphatic rings. The normalized spacial score (nSPS) is 25.0. The van der Waals surface area contributed by atoms with Crippen molar-refractivity contribution in [1.82, 2.24) is 5.32 Å². The van der Waals surface area contributed by atoms with Gasteiger partial charge in [0.1, 0.15) is 0 Å². The Hall–Kier alpha value is -0.160. The Morgan fingerprint density at radius 1 is 1.22 bits per heavy atom. The summed E-state index contributed by atoms with van der Waals surface area (Å²) in [6.07, 6.45) is 2.42. The molecule has 1 rings (SSSR count). The summed E-state index contributed by atoms with van der Waals surface area (Å²) >= 11 is 0. The van der Waals surface area contributed by atoms with Crippen LogP contribution in [0, 0.1) is 5.92 Å². The zero-order valence-corrected chi connectivity index (χ0v) is 12.3. The smallest absolute Gasteiger partial charge is 0.169 e. The van der Waals surface area contributed by atoms with E-state index in [0.717, 1.165) is 26.0 Å². The molecule has 108 valence electrons. The summed E-state index contributed by atoms with van der Waals surface area (Å²) < 4.78 is 16.8.